The minimum atomic E-state index is -0.920. The number of aromatic nitrogens is 1. The number of rotatable bonds is 6. The molecule has 0 spiro atoms. The van der Waals surface area contributed by atoms with Crippen LogP contribution in [0.2, 0.25) is 0 Å². The number of hydrogen-bond donors (Lipinski definition) is 2. The molecule has 2 N–H and O–H groups in total. The summed E-state index contributed by atoms with van der Waals surface area (Å²) in [6, 6.07) is 15.9. The van der Waals surface area contributed by atoms with Crippen LogP contribution in [0.4, 0.5) is 9.93 Å². The van der Waals surface area contributed by atoms with Crippen LogP contribution in [0.25, 0.3) is 11.1 Å². The molecule has 1 aromatic heterocycles. The highest BCUT2D eigenvalue weighted by atomic mass is 32.1. The van der Waals surface area contributed by atoms with Crippen molar-refractivity contribution in [3.8, 4) is 11.1 Å². The number of aliphatic carboxylic acids is 1. The fourth-order valence-electron chi connectivity index (χ4n) is 4.98. The maximum Gasteiger partial charge on any atom is 0.413 e. The third-order valence-corrected chi connectivity index (χ3v) is 7.47. The number of piperidine rings is 1. The number of anilines is 1. The molecular formula is C26H25N3O5S. The highest BCUT2D eigenvalue weighted by Gasteiger charge is 2.31. The zero-order valence-electron chi connectivity index (χ0n) is 19.0. The molecule has 2 amide bonds. The van der Waals surface area contributed by atoms with Crippen LogP contribution in [0.3, 0.4) is 0 Å². The number of hydrogen-bond acceptors (Lipinski definition) is 6. The molecule has 1 saturated heterocycles. The van der Waals surface area contributed by atoms with Crippen molar-refractivity contribution in [1.82, 2.24) is 9.88 Å². The third-order valence-electron chi connectivity index (χ3n) is 6.57. The second-order valence-corrected chi connectivity index (χ2v) is 9.76. The van der Waals surface area contributed by atoms with Crippen molar-refractivity contribution in [3.63, 3.8) is 0 Å². The number of fused-ring (bicyclic) bond motifs is 3. The van der Waals surface area contributed by atoms with E-state index in [2.05, 4.69) is 34.6 Å². The van der Waals surface area contributed by atoms with Crippen LogP contribution in [0, 0.1) is 0 Å². The SMILES string of the molecule is O=C(O)C[C@H]1CCCCN1C(=O)c1cnc(NC(=O)OCC2c3ccccc3-c3ccccc32)s1. The van der Waals surface area contributed by atoms with Crippen LogP contribution in [0.5, 0.6) is 0 Å². The summed E-state index contributed by atoms with van der Waals surface area (Å²) in [6.07, 6.45) is 3.11. The molecule has 1 fully saturated rings. The van der Waals surface area contributed by atoms with E-state index >= 15 is 0 Å². The van der Waals surface area contributed by atoms with Crippen LogP contribution < -0.4 is 5.32 Å². The highest BCUT2D eigenvalue weighted by molar-refractivity contribution is 7.17. The average molecular weight is 492 g/mol. The molecule has 0 radical (unpaired) electrons. The number of carbonyl (C=O) groups excluding carboxylic acids is 2. The molecule has 3 aromatic rings. The lowest BCUT2D eigenvalue weighted by Gasteiger charge is -2.34. The Balaban J connectivity index is 1.22. The zero-order chi connectivity index (χ0) is 24.4. The number of carboxylic acid groups (broad SMARTS) is 1. The minimum Gasteiger partial charge on any atom is -0.481 e. The molecule has 0 saturated carbocycles. The maximum atomic E-state index is 13.0. The molecule has 2 heterocycles. The van der Waals surface area contributed by atoms with Crippen molar-refractivity contribution in [1.29, 1.82) is 0 Å². The van der Waals surface area contributed by atoms with Gasteiger partial charge in [-0.3, -0.25) is 14.9 Å². The van der Waals surface area contributed by atoms with E-state index in [9.17, 15) is 14.4 Å². The standard InChI is InChI=1S/C26H25N3O5S/c30-23(31)13-16-7-5-6-12-29(16)24(32)22-14-27-25(35-22)28-26(33)34-15-21-19-10-3-1-8-17(19)18-9-2-4-11-20(18)21/h1-4,8-11,14,16,21H,5-7,12-13,15H2,(H,30,31)(H,27,28,33)/t16-/m1/s1. The van der Waals surface area contributed by atoms with Gasteiger partial charge in [0.15, 0.2) is 5.13 Å². The van der Waals surface area contributed by atoms with Gasteiger partial charge >= 0.3 is 12.1 Å². The Bertz CT molecular complexity index is 1230. The first-order chi connectivity index (χ1) is 17.0. The number of nitrogens with one attached hydrogen (secondary N) is 1. The largest absolute Gasteiger partial charge is 0.481 e. The summed E-state index contributed by atoms with van der Waals surface area (Å²) in [5.74, 6) is -1.22. The van der Waals surface area contributed by atoms with E-state index in [0.717, 1.165) is 46.4 Å². The van der Waals surface area contributed by atoms with Crippen molar-refractivity contribution in [2.45, 2.75) is 37.6 Å². The molecule has 8 nitrogen and oxygen atoms in total. The smallest absolute Gasteiger partial charge is 0.413 e. The molecule has 1 aliphatic heterocycles. The van der Waals surface area contributed by atoms with Gasteiger partial charge in [0.25, 0.3) is 5.91 Å². The molecule has 2 aromatic carbocycles. The van der Waals surface area contributed by atoms with E-state index in [1.807, 2.05) is 24.3 Å². The predicted octanol–water partition coefficient (Wildman–Crippen LogP) is 4.97. The molecule has 180 valence electrons. The van der Waals surface area contributed by atoms with Crippen LogP contribution in [-0.2, 0) is 9.53 Å². The number of thiazole rings is 1. The van der Waals surface area contributed by atoms with Crippen LogP contribution in [0.15, 0.2) is 54.7 Å². The van der Waals surface area contributed by atoms with Crippen LogP contribution in [0.1, 0.15) is 52.4 Å². The summed E-state index contributed by atoms with van der Waals surface area (Å²) < 4.78 is 5.55. The van der Waals surface area contributed by atoms with Crippen molar-refractivity contribution in [2.75, 3.05) is 18.5 Å². The fourth-order valence-corrected chi connectivity index (χ4v) is 5.73. The van der Waals surface area contributed by atoms with Gasteiger partial charge < -0.3 is 14.7 Å². The number of carboxylic acids is 1. The van der Waals surface area contributed by atoms with Gasteiger partial charge in [0.2, 0.25) is 0 Å². The van der Waals surface area contributed by atoms with E-state index in [1.165, 1.54) is 6.20 Å². The average Bonchev–Trinajstić information content (AvgIpc) is 3.45. The first-order valence-corrected chi connectivity index (χ1v) is 12.4. The Labute approximate surface area is 206 Å². The summed E-state index contributed by atoms with van der Waals surface area (Å²) in [5, 5.41) is 12.0. The Hall–Kier alpha value is -3.72. The summed E-state index contributed by atoms with van der Waals surface area (Å²) >= 11 is 1.06. The number of ether oxygens (including phenoxy) is 1. The second-order valence-electron chi connectivity index (χ2n) is 8.73. The molecule has 1 aliphatic carbocycles. The van der Waals surface area contributed by atoms with E-state index in [1.54, 1.807) is 4.90 Å². The molecule has 0 bridgehead atoms. The van der Waals surface area contributed by atoms with Gasteiger partial charge in [-0.2, -0.15) is 0 Å². The fraction of sp³-hybridized carbons (Fsp3) is 0.308. The predicted molar refractivity (Wildman–Crippen MR) is 132 cm³/mol. The lowest BCUT2D eigenvalue weighted by atomic mass is 9.98. The van der Waals surface area contributed by atoms with Crippen molar-refractivity contribution < 1.29 is 24.2 Å². The summed E-state index contributed by atoms with van der Waals surface area (Å²) in [4.78, 5) is 42.8. The van der Waals surface area contributed by atoms with E-state index in [-0.39, 0.29) is 36.0 Å². The number of nitrogens with zero attached hydrogens (tertiary/aromatic N) is 2. The normalized spacial score (nSPS) is 16.9. The van der Waals surface area contributed by atoms with Gasteiger partial charge in [0, 0.05) is 18.5 Å². The van der Waals surface area contributed by atoms with Crippen LogP contribution in [-0.4, -0.2) is 52.2 Å². The topological polar surface area (TPSA) is 109 Å². The molecule has 9 heteroatoms. The van der Waals surface area contributed by atoms with E-state index in [0.29, 0.717) is 17.8 Å². The zero-order valence-corrected chi connectivity index (χ0v) is 19.8. The Morgan fingerprint density at radius 2 is 1.74 bits per heavy atom. The lowest BCUT2D eigenvalue weighted by Crippen LogP contribution is -2.44. The van der Waals surface area contributed by atoms with E-state index in [4.69, 9.17) is 9.84 Å². The number of carbonyl (C=O) groups is 3. The van der Waals surface area contributed by atoms with Gasteiger partial charge in [-0.05, 0) is 41.5 Å². The van der Waals surface area contributed by atoms with Crippen LogP contribution >= 0.6 is 11.3 Å². The lowest BCUT2D eigenvalue weighted by molar-refractivity contribution is -0.138. The summed E-state index contributed by atoms with van der Waals surface area (Å²) in [7, 11) is 0. The first kappa shape index (κ1) is 23.0. The summed E-state index contributed by atoms with van der Waals surface area (Å²) in [6.45, 7) is 0.700. The Morgan fingerprint density at radius 3 is 2.43 bits per heavy atom. The minimum absolute atomic E-state index is 0.0492. The maximum absolute atomic E-state index is 13.0. The van der Waals surface area contributed by atoms with E-state index < -0.39 is 12.1 Å². The molecular weight excluding hydrogens is 466 g/mol. The highest BCUT2D eigenvalue weighted by Crippen LogP contribution is 2.44. The monoisotopic (exact) mass is 491 g/mol. The van der Waals surface area contributed by atoms with Gasteiger partial charge in [0.1, 0.15) is 11.5 Å². The number of amides is 2. The third kappa shape index (κ3) is 4.77. The quantitative estimate of drug-likeness (QED) is 0.504. The molecule has 1 atom stereocenters. The van der Waals surface area contributed by atoms with Gasteiger partial charge in [-0.15, -0.1) is 0 Å². The van der Waals surface area contributed by atoms with Gasteiger partial charge in [-0.1, -0.05) is 59.9 Å². The molecule has 35 heavy (non-hydrogen) atoms. The molecule has 2 aliphatic rings. The number of benzene rings is 2. The Kier molecular flexibility index (Phi) is 6.50. The van der Waals surface area contributed by atoms with Crippen molar-refractivity contribution in [3.05, 3.63) is 70.7 Å². The van der Waals surface area contributed by atoms with Crippen molar-refractivity contribution in [2.24, 2.45) is 0 Å². The van der Waals surface area contributed by atoms with Gasteiger partial charge in [0.05, 0.1) is 12.6 Å². The number of likely N-dealkylation sites (tertiary alicyclic amines) is 1. The van der Waals surface area contributed by atoms with Crippen molar-refractivity contribution >= 4 is 34.4 Å². The Morgan fingerprint density at radius 1 is 1.06 bits per heavy atom. The molecule has 0 unspecified atom stereocenters. The summed E-state index contributed by atoms with van der Waals surface area (Å²) in [5.41, 5.74) is 4.56. The van der Waals surface area contributed by atoms with Gasteiger partial charge in [-0.25, -0.2) is 9.78 Å². The second kappa shape index (κ2) is 9.87. The first-order valence-electron chi connectivity index (χ1n) is 11.6. The molecule has 5 rings (SSSR count).